The molecule has 2 unspecified atom stereocenters. The van der Waals surface area contributed by atoms with E-state index < -0.39 is 0 Å². The van der Waals surface area contributed by atoms with E-state index in [1.807, 2.05) is 6.07 Å². The normalized spacial score (nSPS) is 30.3. The van der Waals surface area contributed by atoms with Crippen molar-refractivity contribution in [2.45, 2.75) is 43.8 Å². The molecule has 102 valence electrons. The summed E-state index contributed by atoms with van der Waals surface area (Å²) in [5.74, 6) is 0. The summed E-state index contributed by atoms with van der Waals surface area (Å²) in [6, 6.07) is 8.60. The van der Waals surface area contributed by atoms with Crippen LogP contribution in [0.2, 0.25) is 0 Å². The van der Waals surface area contributed by atoms with Gasteiger partial charge in [0.2, 0.25) is 0 Å². The van der Waals surface area contributed by atoms with Crippen molar-refractivity contribution in [3.8, 4) is 0 Å². The monoisotopic (exact) mass is 261 g/mol. The highest BCUT2D eigenvalue weighted by molar-refractivity contribution is 5.51. The van der Waals surface area contributed by atoms with Crippen molar-refractivity contribution < 1.29 is 4.92 Å². The van der Waals surface area contributed by atoms with Gasteiger partial charge in [0.15, 0.2) is 0 Å². The minimum Gasteiger partial charge on any atom is -0.382 e. The summed E-state index contributed by atoms with van der Waals surface area (Å²) >= 11 is 0. The smallest absolute Gasteiger partial charge is 0.271 e. The highest BCUT2D eigenvalue weighted by Crippen LogP contribution is 2.35. The number of hydrogen-bond donors (Lipinski definition) is 1. The average Bonchev–Trinajstić information content (AvgIpc) is 2.63. The minimum atomic E-state index is -0.344. The molecular formula is C14H19N3O2. The molecule has 2 saturated heterocycles. The molecular weight excluding hydrogens is 242 g/mol. The van der Waals surface area contributed by atoms with Crippen LogP contribution in [0.15, 0.2) is 24.3 Å². The third-order valence-corrected chi connectivity index (χ3v) is 4.53. The fraction of sp³-hybridized carbons (Fsp3) is 0.571. The van der Waals surface area contributed by atoms with E-state index in [-0.39, 0.29) is 10.6 Å². The fourth-order valence-corrected chi connectivity index (χ4v) is 3.47. The van der Waals surface area contributed by atoms with Gasteiger partial charge in [-0.3, -0.25) is 10.1 Å². The highest BCUT2D eigenvalue weighted by atomic mass is 16.6. The lowest BCUT2D eigenvalue weighted by Gasteiger charge is -2.37. The topological polar surface area (TPSA) is 58.4 Å². The number of nitro groups is 1. The Hall–Kier alpha value is -1.62. The van der Waals surface area contributed by atoms with E-state index in [1.165, 1.54) is 18.9 Å². The summed E-state index contributed by atoms with van der Waals surface area (Å²) in [7, 11) is 2.21. The SMILES string of the molecule is CN1C2CCC1CC(Nc1cccc([N+](=O)[O-])c1)C2. The molecule has 1 aromatic carbocycles. The highest BCUT2D eigenvalue weighted by Gasteiger charge is 2.38. The molecule has 2 aliphatic heterocycles. The molecule has 19 heavy (non-hydrogen) atoms. The van der Waals surface area contributed by atoms with E-state index in [0.29, 0.717) is 18.1 Å². The molecule has 2 bridgehead atoms. The summed E-state index contributed by atoms with van der Waals surface area (Å²) in [6.07, 6.45) is 4.84. The predicted molar refractivity (Wildman–Crippen MR) is 74.3 cm³/mol. The standard InChI is InChI=1S/C14H19N3O2/c1-16-12-5-6-13(16)9-11(8-12)15-10-3-2-4-14(7-10)17(18)19/h2-4,7,11-13,15H,5-6,8-9H2,1H3. The molecule has 1 N–H and O–H groups in total. The van der Waals surface area contributed by atoms with Gasteiger partial charge in [-0.25, -0.2) is 0 Å². The molecule has 0 spiro atoms. The van der Waals surface area contributed by atoms with Crippen molar-refractivity contribution in [1.29, 1.82) is 0 Å². The first-order valence-electron chi connectivity index (χ1n) is 6.86. The number of benzene rings is 1. The molecule has 5 nitrogen and oxygen atoms in total. The third-order valence-electron chi connectivity index (χ3n) is 4.53. The Balaban J connectivity index is 1.69. The zero-order valence-electron chi connectivity index (χ0n) is 11.1. The number of nitrogens with zero attached hydrogens (tertiary/aromatic N) is 2. The zero-order valence-corrected chi connectivity index (χ0v) is 11.1. The summed E-state index contributed by atoms with van der Waals surface area (Å²) in [6.45, 7) is 0. The number of non-ortho nitro benzene ring substituents is 1. The Morgan fingerprint density at radius 2 is 2.00 bits per heavy atom. The van der Waals surface area contributed by atoms with Gasteiger partial charge in [0, 0.05) is 35.9 Å². The van der Waals surface area contributed by atoms with Crippen LogP contribution in [0, 0.1) is 10.1 Å². The van der Waals surface area contributed by atoms with E-state index in [9.17, 15) is 10.1 Å². The molecule has 0 aliphatic carbocycles. The Morgan fingerprint density at radius 1 is 1.32 bits per heavy atom. The maximum absolute atomic E-state index is 10.8. The van der Waals surface area contributed by atoms with Gasteiger partial charge in [0.25, 0.3) is 5.69 Å². The fourth-order valence-electron chi connectivity index (χ4n) is 3.47. The van der Waals surface area contributed by atoms with E-state index in [0.717, 1.165) is 18.5 Å². The molecule has 2 atom stereocenters. The Bertz CT molecular complexity index is 477. The number of anilines is 1. The van der Waals surface area contributed by atoms with E-state index in [1.54, 1.807) is 12.1 Å². The Kier molecular flexibility index (Phi) is 3.14. The predicted octanol–water partition coefficient (Wildman–Crippen LogP) is 2.63. The number of piperidine rings is 1. The van der Waals surface area contributed by atoms with Gasteiger partial charge < -0.3 is 10.2 Å². The van der Waals surface area contributed by atoms with Crippen LogP contribution in [0.4, 0.5) is 11.4 Å². The summed E-state index contributed by atoms with van der Waals surface area (Å²) in [5, 5.41) is 14.2. The van der Waals surface area contributed by atoms with Crippen LogP contribution in [0.1, 0.15) is 25.7 Å². The molecule has 0 aromatic heterocycles. The van der Waals surface area contributed by atoms with Crippen LogP contribution < -0.4 is 5.32 Å². The lowest BCUT2D eigenvalue weighted by molar-refractivity contribution is -0.384. The van der Waals surface area contributed by atoms with Crippen molar-refractivity contribution in [3.05, 3.63) is 34.4 Å². The molecule has 0 amide bonds. The Morgan fingerprint density at radius 3 is 2.63 bits per heavy atom. The molecule has 0 saturated carbocycles. The van der Waals surface area contributed by atoms with Crippen LogP contribution in [-0.4, -0.2) is 35.0 Å². The average molecular weight is 261 g/mol. The second-order valence-corrected chi connectivity index (χ2v) is 5.67. The largest absolute Gasteiger partial charge is 0.382 e. The molecule has 5 heteroatoms. The lowest BCUT2D eigenvalue weighted by Crippen LogP contribution is -2.44. The molecule has 1 aromatic rings. The van der Waals surface area contributed by atoms with Gasteiger partial charge in [-0.2, -0.15) is 0 Å². The van der Waals surface area contributed by atoms with Crippen molar-refractivity contribution in [3.63, 3.8) is 0 Å². The van der Waals surface area contributed by atoms with Gasteiger partial charge in [-0.05, 0) is 38.8 Å². The second-order valence-electron chi connectivity index (χ2n) is 5.67. The first kappa shape index (κ1) is 12.4. The molecule has 2 aliphatic rings. The molecule has 2 fully saturated rings. The number of nitro benzene ring substituents is 1. The second kappa shape index (κ2) is 4.81. The van der Waals surface area contributed by atoms with Crippen molar-refractivity contribution in [2.75, 3.05) is 12.4 Å². The first-order valence-corrected chi connectivity index (χ1v) is 6.86. The number of hydrogen-bond acceptors (Lipinski definition) is 4. The zero-order chi connectivity index (χ0) is 13.4. The van der Waals surface area contributed by atoms with E-state index >= 15 is 0 Å². The van der Waals surface area contributed by atoms with Crippen LogP contribution in [-0.2, 0) is 0 Å². The molecule has 2 heterocycles. The van der Waals surface area contributed by atoms with Gasteiger partial charge >= 0.3 is 0 Å². The van der Waals surface area contributed by atoms with Crippen molar-refractivity contribution in [1.82, 2.24) is 4.90 Å². The quantitative estimate of drug-likeness (QED) is 0.671. The minimum absolute atomic E-state index is 0.154. The summed E-state index contributed by atoms with van der Waals surface area (Å²) in [5.41, 5.74) is 1.02. The van der Waals surface area contributed by atoms with Crippen molar-refractivity contribution in [2.24, 2.45) is 0 Å². The number of nitrogens with one attached hydrogen (secondary N) is 1. The van der Waals surface area contributed by atoms with Crippen LogP contribution >= 0.6 is 0 Å². The van der Waals surface area contributed by atoms with Gasteiger partial charge in [-0.1, -0.05) is 6.07 Å². The third kappa shape index (κ3) is 2.42. The summed E-state index contributed by atoms with van der Waals surface area (Å²) in [4.78, 5) is 12.9. The molecule has 3 rings (SSSR count). The number of rotatable bonds is 3. The van der Waals surface area contributed by atoms with Crippen LogP contribution in [0.25, 0.3) is 0 Å². The van der Waals surface area contributed by atoms with Gasteiger partial charge in [0.1, 0.15) is 0 Å². The van der Waals surface area contributed by atoms with E-state index in [4.69, 9.17) is 0 Å². The van der Waals surface area contributed by atoms with Crippen LogP contribution in [0.5, 0.6) is 0 Å². The van der Waals surface area contributed by atoms with Crippen LogP contribution in [0.3, 0.4) is 0 Å². The lowest BCUT2D eigenvalue weighted by atomic mass is 9.98. The number of fused-ring (bicyclic) bond motifs is 2. The van der Waals surface area contributed by atoms with Crippen molar-refractivity contribution >= 4 is 11.4 Å². The summed E-state index contributed by atoms with van der Waals surface area (Å²) < 4.78 is 0. The van der Waals surface area contributed by atoms with Gasteiger partial charge in [-0.15, -0.1) is 0 Å². The Labute approximate surface area is 112 Å². The maximum Gasteiger partial charge on any atom is 0.271 e. The van der Waals surface area contributed by atoms with E-state index in [2.05, 4.69) is 17.3 Å². The maximum atomic E-state index is 10.8. The van der Waals surface area contributed by atoms with Gasteiger partial charge in [0.05, 0.1) is 4.92 Å². The molecule has 0 radical (unpaired) electrons. The first-order chi connectivity index (χ1) is 9.13.